The molecule has 18 heavy (non-hydrogen) atoms. The van der Waals surface area contributed by atoms with E-state index >= 15 is 0 Å². The lowest BCUT2D eigenvalue weighted by Gasteiger charge is -1.99. The minimum absolute atomic E-state index is 0.175. The molecule has 0 saturated carbocycles. The number of rotatable bonds is 2. The van der Waals surface area contributed by atoms with E-state index in [0.717, 1.165) is 10.2 Å². The van der Waals surface area contributed by atoms with Gasteiger partial charge in [0.05, 0.1) is 6.21 Å². The lowest BCUT2D eigenvalue weighted by Crippen LogP contribution is -2.22. The van der Waals surface area contributed by atoms with E-state index in [1.165, 1.54) is 5.56 Å². The van der Waals surface area contributed by atoms with Gasteiger partial charge in [0.1, 0.15) is 5.69 Å². The van der Waals surface area contributed by atoms with Gasteiger partial charge >= 0.3 is 0 Å². The average molecular weight is 260 g/mol. The zero-order chi connectivity index (χ0) is 13.1. The fourth-order valence-corrected chi connectivity index (χ4v) is 1.53. The average Bonchev–Trinajstić information content (AvgIpc) is 2.36. The molecule has 1 aromatic carbocycles. The van der Waals surface area contributed by atoms with Gasteiger partial charge in [0.15, 0.2) is 0 Å². The minimum Gasteiger partial charge on any atom is -0.265 e. The second-order valence-electron chi connectivity index (χ2n) is 3.89. The van der Waals surface area contributed by atoms with Gasteiger partial charge in [-0.25, -0.2) is 0 Å². The molecule has 0 saturated heterocycles. The number of nitrogens with one attached hydrogen (secondary N) is 1. The first-order chi connectivity index (χ1) is 8.58. The number of aromatic nitrogens is 3. The highest BCUT2D eigenvalue weighted by molar-refractivity contribution is 7.71. The zero-order valence-corrected chi connectivity index (χ0v) is 10.9. The third-order valence-corrected chi connectivity index (χ3v) is 2.68. The molecule has 0 aliphatic heterocycles. The molecule has 0 atom stereocenters. The fraction of sp³-hybridized carbons (Fsp3) is 0.167. The molecule has 0 aliphatic carbocycles. The van der Waals surface area contributed by atoms with Crippen LogP contribution in [0.3, 0.4) is 0 Å². The number of H-pyrrole nitrogens is 1. The third-order valence-electron chi connectivity index (χ3n) is 2.41. The molecule has 0 bridgehead atoms. The molecule has 2 rings (SSSR count). The van der Waals surface area contributed by atoms with E-state index < -0.39 is 0 Å². The van der Waals surface area contributed by atoms with Crippen molar-refractivity contribution in [3.8, 4) is 0 Å². The molecule has 0 unspecified atom stereocenters. The summed E-state index contributed by atoms with van der Waals surface area (Å²) in [7, 11) is 0. The van der Waals surface area contributed by atoms with Crippen molar-refractivity contribution in [3.63, 3.8) is 0 Å². The van der Waals surface area contributed by atoms with Crippen molar-refractivity contribution in [2.24, 2.45) is 5.10 Å². The number of aromatic amines is 1. The SMILES string of the molecule is Cc1ccc(/C=N\n2c(=S)[nH]nc(C)c2=O)cc1. The Morgan fingerprint density at radius 2 is 2.00 bits per heavy atom. The summed E-state index contributed by atoms with van der Waals surface area (Å²) in [5, 5.41) is 10.4. The third kappa shape index (κ3) is 2.60. The number of benzene rings is 1. The van der Waals surface area contributed by atoms with Crippen molar-refractivity contribution in [2.75, 3.05) is 0 Å². The van der Waals surface area contributed by atoms with Crippen molar-refractivity contribution in [3.05, 3.63) is 56.2 Å². The van der Waals surface area contributed by atoms with Crippen LogP contribution < -0.4 is 5.56 Å². The van der Waals surface area contributed by atoms with Gasteiger partial charge in [-0.1, -0.05) is 29.8 Å². The zero-order valence-electron chi connectivity index (χ0n) is 10.0. The topological polar surface area (TPSA) is 63.0 Å². The first-order valence-electron chi connectivity index (χ1n) is 5.37. The van der Waals surface area contributed by atoms with Gasteiger partial charge in [-0.2, -0.15) is 14.9 Å². The summed E-state index contributed by atoms with van der Waals surface area (Å²) in [6.45, 7) is 3.61. The first kappa shape index (κ1) is 12.4. The molecule has 5 nitrogen and oxygen atoms in total. The molecule has 1 heterocycles. The van der Waals surface area contributed by atoms with Crippen LogP contribution in [0.4, 0.5) is 0 Å². The minimum atomic E-state index is -0.317. The molecule has 1 N–H and O–H groups in total. The Morgan fingerprint density at radius 1 is 1.33 bits per heavy atom. The van der Waals surface area contributed by atoms with Crippen LogP contribution in [0.1, 0.15) is 16.8 Å². The molecule has 1 aromatic heterocycles. The highest BCUT2D eigenvalue weighted by atomic mass is 32.1. The first-order valence-corrected chi connectivity index (χ1v) is 5.78. The summed E-state index contributed by atoms with van der Waals surface area (Å²) in [5.41, 5.74) is 2.07. The Hall–Kier alpha value is -2.08. The molecule has 0 radical (unpaired) electrons. The van der Waals surface area contributed by atoms with Gasteiger partial charge in [0.2, 0.25) is 4.77 Å². The molecule has 0 amide bonds. The Balaban J connectivity index is 2.41. The number of nitrogens with zero attached hydrogens (tertiary/aromatic N) is 3. The van der Waals surface area contributed by atoms with Crippen LogP contribution in [0.2, 0.25) is 0 Å². The maximum Gasteiger partial charge on any atom is 0.296 e. The quantitative estimate of drug-likeness (QED) is 0.661. The van der Waals surface area contributed by atoms with E-state index in [-0.39, 0.29) is 10.3 Å². The molecule has 0 aliphatic rings. The van der Waals surface area contributed by atoms with E-state index in [4.69, 9.17) is 12.2 Å². The number of hydrogen-bond acceptors (Lipinski definition) is 4. The lowest BCUT2D eigenvalue weighted by atomic mass is 10.2. The second kappa shape index (κ2) is 5.05. The van der Waals surface area contributed by atoms with Gasteiger partial charge in [-0.3, -0.25) is 9.89 Å². The Labute approximate surface area is 109 Å². The number of hydrogen-bond donors (Lipinski definition) is 1. The molecule has 92 valence electrons. The summed E-state index contributed by atoms with van der Waals surface area (Å²) in [4.78, 5) is 11.8. The summed E-state index contributed by atoms with van der Waals surface area (Å²) in [5.74, 6) is 0. The smallest absolute Gasteiger partial charge is 0.265 e. The molecular formula is C12H12N4OS. The fourth-order valence-electron chi connectivity index (χ4n) is 1.35. The molecule has 0 fully saturated rings. The summed E-state index contributed by atoms with van der Waals surface area (Å²) in [6.07, 6.45) is 1.59. The summed E-state index contributed by atoms with van der Waals surface area (Å²) >= 11 is 4.97. The van der Waals surface area contributed by atoms with Crippen molar-refractivity contribution in [1.82, 2.24) is 14.9 Å². The van der Waals surface area contributed by atoms with Crippen LogP contribution in [-0.4, -0.2) is 21.1 Å². The normalized spacial score (nSPS) is 11.0. The molecule has 6 heteroatoms. The maximum atomic E-state index is 11.8. The van der Waals surface area contributed by atoms with Crippen LogP contribution in [0.25, 0.3) is 0 Å². The highest BCUT2D eigenvalue weighted by Crippen LogP contribution is 2.00. The van der Waals surface area contributed by atoms with Crippen LogP contribution in [0, 0.1) is 18.6 Å². The van der Waals surface area contributed by atoms with Crippen molar-refractivity contribution in [1.29, 1.82) is 0 Å². The van der Waals surface area contributed by atoms with E-state index in [1.807, 2.05) is 31.2 Å². The van der Waals surface area contributed by atoms with Crippen LogP contribution >= 0.6 is 12.2 Å². The van der Waals surface area contributed by atoms with Gasteiger partial charge < -0.3 is 0 Å². The predicted octanol–water partition coefficient (Wildman–Crippen LogP) is 1.80. The Kier molecular flexibility index (Phi) is 3.47. The Bertz CT molecular complexity index is 697. The monoisotopic (exact) mass is 260 g/mol. The van der Waals surface area contributed by atoms with Gasteiger partial charge in [0.25, 0.3) is 5.56 Å². The van der Waals surface area contributed by atoms with Gasteiger partial charge in [-0.15, -0.1) is 0 Å². The van der Waals surface area contributed by atoms with E-state index in [0.29, 0.717) is 5.69 Å². The highest BCUT2D eigenvalue weighted by Gasteiger charge is 2.00. The molecule has 2 aromatic rings. The van der Waals surface area contributed by atoms with Crippen molar-refractivity contribution in [2.45, 2.75) is 13.8 Å². The van der Waals surface area contributed by atoms with E-state index in [9.17, 15) is 4.79 Å². The van der Waals surface area contributed by atoms with E-state index in [1.54, 1.807) is 13.1 Å². The van der Waals surface area contributed by atoms with E-state index in [2.05, 4.69) is 15.3 Å². The lowest BCUT2D eigenvalue weighted by molar-refractivity contribution is 0.720. The van der Waals surface area contributed by atoms with Crippen LogP contribution in [-0.2, 0) is 0 Å². The molecule has 0 spiro atoms. The predicted molar refractivity (Wildman–Crippen MR) is 72.6 cm³/mol. The van der Waals surface area contributed by atoms with Crippen molar-refractivity contribution >= 4 is 18.4 Å². The second-order valence-corrected chi connectivity index (χ2v) is 4.27. The van der Waals surface area contributed by atoms with Crippen LogP contribution in [0.5, 0.6) is 0 Å². The standard InChI is InChI=1S/C12H12N4OS/c1-8-3-5-10(6-4-8)7-13-16-11(17)9(2)14-15-12(16)18/h3-7H,1-2H3,(H,15,18)/b13-7-. The molecular weight excluding hydrogens is 248 g/mol. The number of aryl methyl sites for hydroxylation is 2. The summed E-state index contributed by atoms with van der Waals surface area (Å²) in [6, 6.07) is 7.79. The van der Waals surface area contributed by atoms with Crippen molar-refractivity contribution < 1.29 is 0 Å². The van der Waals surface area contributed by atoms with Gasteiger partial charge in [-0.05, 0) is 31.6 Å². The maximum absolute atomic E-state index is 11.8. The van der Waals surface area contributed by atoms with Crippen LogP contribution in [0.15, 0.2) is 34.2 Å². The largest absolute Gasteiger partial charge is 0.296 e. The Morgan fingerprint density at radius 3 is 2.67 bits per heavy atom. The van der Waals surface area contributed by atoms with Gasteiger partial charge in [0, 0.05) is 0 Å². The summed E-state index contributed by atoms with van der Waals surface area (Å²) < 4.78 is 1.30.